The van der Waals surface area contributed by atoms with Crippen molar-refractivity contribution in [3.63, 3.8) is 0 Å². The van der Waals surface area contributed by atoms with E-state index >= 15 is 0 Å². The second-order valence-corrected chi connectivity index (χ2v) is 6.86. The van der Waals surface area contributed by atoms with Gasteiger partial charge in [0.1, 0.15) is 18.2 Å². The van der Waals surface area contributed by atoms with E-state index in [0.717, 1.165) is 24.5 Å². The molecule has 8 heteroatoms. The van der Waals surface area contributed by atoms with Crippen molar-refractivity contribution in [3.8, 4) is 5.75 Å². The van der Waals surface area contributed by atoms with Crippen LogP contribution < -0.4 is 10.1 Å². The predicted octanol–water partition coefficient (Wildman–Crippen LogP) is 2.16. The van der Waals surface area contributed by atoms with Crippen LogP contribution in [0.1, 0.15) is 30.8 Å². The Kier molecular flexibility index (Phi) is 6.28. The third-order valence-electron chi connectivity index (χ3n) is 4.58. The number of aryl methyl sites for hydroxylation is 2. The maximum Gasteiger partial charge on any atom is 0.318 e. The fourth-order valence-electron chi connectivity index (χ4n) is 2.98. The lowest BCUT2D eigenvalue weighted by molar-refractivity contribution is 0.0435. The van der Waals surface area contributed by atoms with E-state index in [1.165, 1.54) is 5.56 Å². The van der Waals surface area contributed by atoms with Crippen molar-refractivity contribution in [2.45, 2.75) is 39.0 Å². The highest BCUT2D eigenvalue weighted by Crippen LogP contribution is 2.19. The van der Waals surface area contributed by atoms with Crippen LogP contribution in [0.2, 0.25) is 0 Å². The molecule has 1 aliphatic rings. The minimum absolute atomic E-state index is 0.0338. The van der Waals surface area contributed by atoms with E-state index in [2.05, 4.69) is 15.5 Å². The van der Waals surface area contributed by atoms with Crippen LogP contribution in [-0.2, 0) is 11.3 Å². The number of benzene rings is 1. The van der Waals surface area contributed by atoms with Crippen molar-refractivity contribution < 1.29 is 14.3 Å². The van der Waals surface area contributed by atoms with Gasteiger partial charge in [-0.25, -0.2) is 4.79 Å². The van der Waals surface area contributed by atoms with Crippen molar-refractivity contribution >= 4 is 6.03 Å². The van der Waals surface area contributed by atoms with E-state index in [0.29, 0.717) is 19.7 Å². The molecule has 0 aliphatic carbocycles. The number of carbonyl (C=O) groups is 1. The Hall–Kier alpha value is -2.61. The Morgan fingerprint density at radius 3 is 2.78 bits per heavy atom. The molecule has 1 aromatic heterocycles. The third-order valence-corrected chi connectivity index (χ3v) is 4.58. The lowest BCUT2D eigenvalue weighted by Gasteiger charge is -2.39. The summed E-state index contributed by atoms with van der Waals surface area (Å²) in [6.45, 7) is 6.54. The first kappa shape index (κ1) is 19.2. The molecule has 1 saturated heterocycles. The highest BCUT2D eigenvalue weighted by Gasteiger charge is 2.33. The number of aromatic nitrogens is 3. The normalized spacial score (nSPS) is 15.3. The standard InChI is InChI=1S/C19H27N5O3/c1-14-5-7-16(8-6-14)27-17-11-24(12-17)19(25)21-15(2)18-22-20-13-23(18)9-4-10-26-3/h5-8,13,15,17H,4,9-12H2,1-3H3,(H,21,25). The highest BCUT2D eigenvalue weighted by molar-refractivity contribution is 5.75. The number of methoxy groups -OCH3 is 1. The molecule has 2 amide bonds. The maximum absolute atomic E-state index is 12.4. The van der Waals surface area contributed by atoms with Gasteiger partial charge in [-0.1, -0.05) is 17.7 Å². The average molecular weight is 373 g/mol. The molecule has 3 rings (SSSR count). The summed E-state index contributed by atoms with van der Waals surface area (Å²) in [6.07, 6.45) is 2.58. The van der Waals surface area contributed by atoms with Crippen molar-refractivity contribution in [2.24, 2.45) is 0 Å². The van der Waals surface area contributed by atoms with Gasteiger partial charge in [-0.15, -0.1) is 10.2 Å². The molecule has 27 heavy (non-hydrogen) atoms. The van der Waals surface area contributed by atoms with Crippen LogP contribution in [-0.4, -0.2) is 58.6 Å². The summed E-state index contributed by atoms with van der Waals surface area (Å²) < 4.78 is 12.9. The smallest absolute Gasteiger partial charge is 0.318 e. The van der Waals surface area contributed by atoms with Crippen LogP contribution in [0.3, 0.4) is 0 Å². The number of hydrogen-bond donors (Lipinski definition) is 1. The molecule has 0 bridgehead atoms. The summed E-state index contributed by atoms with van der Waals surface area (Å²) in [5.41, 5.74) is 1.20. The number of nitrogens with zero attached hydrogens (tertiary/aromatic N) is 4. The number of ether oxygens (including phenoxy) is 2. The third kappa shape index (κ3) is 4.97. The van der Waals surface area contributed by atoms with E-state index in [-0.39, 0.29) is 18.2 Å². The molecule has 1 atom stereocenters. The first-order valence-electron chi connectivity index (χ1n) is 9.22. The molecule has 0 spiro atoms. The van der Waals surface area contributed by atoms with Gasteiger partial charge in [0.15, 0.2) is 5.82 Å². The highest BCUT2D eigenvalue weighted by atomic mass is 16.5. The molecular formula is C19H27N5O3. The van der Waals surface area contributed by atoms with Crippen LogP contribution in [0, 0.1) is 6.92 Å². The number of nitrogens with one attached hydrogen (secondary N) is 1. The molecule has 1 aliphatic heterocycles. The van der Waals surface area contributed by atoms with Crippen LogP contribution >= 0.6 is 0 Å². The molecule has 1 unspecified atom stereocenters. The van der Waals surface area contributed by atoms with Crippen LogP contribution in [0.5, 0.6) is 5.75 Å². The number of carbonyl (C=O) groups excluding carboxylic acids is 1. The molecule has 2 aromatic rings. The monoisotopic (exact) mass is 373 g/mol. The van der Waals surface area contributed by atoms with Gasteiger partial charge in [-0.2, -0.15) is 0 Å². The van der Waals surface area contributed by atoms with E-state index in [1.807, 2.05) is 42.7 Å². The fraction of sp³-hybridized carbons (Fsp3) is 0.526. The molecule has 1 aromatic carbocycles. The van der Waals surface area contributed by atoms with Crippen molar-refractivity contribution in [1.29, 1.82) is 0 Å². The van der Waals surface area contributed by atoms with Crippen molar-refractivity contribution in [2.75, 3.05) is 26.8 Å². The second kappa shape index (κ2) is 8.85. The SMILES string of the molecule is COCCCn1cnnc1C(C)NC(=O)N1CC(Oc2ccc(C)cc2)C1. The lowest BCUT2D eigenvalue weighted by Crippen LogP contribution is -2.59. The Morgan fingerprint density at radius 1 is 1.33 bits per heavy atom. The van der Waals surface area contributed by atoms with Crippen LogP contribution in [0.15, 0.2) is 30.6 Å². The van der Waals surface area contributed by atoms with Gasteiger partial charge >= 0.3 is 6.03 Å². The molecule has 146 valence electrons. The van der Waals surface area contributed by atoms with Gasteiger partial charge in [0.2, 0.25) is 0 Å². The molecule has 1 N–H and O–H groups in total. The molecule has 1 fully saturated rings. The maximum atomic E-state index is 12.4. The lowest BCUT2D eigenvalue weighted by atomic mass is 10.1. The van der Waals surface area contributed by atoms with Gasteiger partial charge < -0.3 is 24.3 Å². The van der Waals surface area contributed by atoms with Gasteiger partial charge in [-0.05, 0) is 32.4 Å². The summed E-state index contributed by atoms with van der Waals surface area (Å²) in [6, 6.07) is 7.61. The van der Waals surface area contributed by atoms with Gasteiger partial charge in [-0.3, -0.25) is 0 Å². The topological polar surface area (TPSA) is 81.5 Å². The molecular weight excluding hydrogens is 346 g/mol. The first-order chi connectivity index (χ1) is 13.1. The van der Waals surface area contributed by atoms with Gasteiger partial charge in [0.05, 0.1) is 19.1 Å². The largest absolute Gasteiger partial charge is 0.487 e. The van der Waals surface area contributed by atoms with Crippen molar-refractivity contribution in [1.82, 2.24) is 25.0 Å². The summed E-state index contributed by atoms with van der Waals surface area (Å²) in [5, 5.41) is 11.1. The van der Waals surface area contributed by atoms with Crippen molar-refractivity contribution in [3.05, 3.63) is 42.0 Å². The van der Waals surface area contributed by atoms with E-state index in [4.69, 9.17) is 9.47 Å². The zero-order valence-electron chi connectivity index (χ0n) is 16.1. The number of likely N-dealkylation sites (tertiary alicyclic amines) is 1. The molecule has 8 nitrogen and oxygen atoms in total. The molecule has 0 saturated carbocycles. The number of rotatable bonds is 8. The quantitative estimate of drug-likeness (QED) is 0.717. The Bertz CT molecular complexity index is 740. The van der Waals surface area contributed by atoms with E-state index in [1.54, 1.807) is 18.3 Å². The Labute approximate surface area is 159 Å². The Morgan fingerprint density at radius 2 is 2.07 bits per heavy atom. The zero-order chi connectivity index (χ0) is 19.2. The molecule has 2 heterocycles. The van der Waals surface area contributed by atoms with E-state index in [9.17, 15) is 4.79 Å². The summed E-state index contributed by atoms with van der Waals surface area (Å²) in [4.78, 5) is 14.2. The number of urea groups is 1. The predicted molar refractivity (Wildman–Crippen MR) is 101 cm³/mol. The Balaban J connectivity index is 1.45. The second-order valence-electron chi connectivity index (χ2n) is 6.86. The fourth-order valence-corrected chi connectivity index (χ4v) is 2.98. The zero-order valence-corrected chi connectivity index (χ0v) is 16.1. The van der Waals surface area contributed by atoms with Gasteiger partial charge in [0.25, 0.3) is 0 Å². The minimum Gasteiger partial charge on any atom is -0.487 e. The summed E-state index contributed by atoms with van der Waals surface area (Å²) in [7, 11) is 1.68. The average Bonchev–Trinajstić information content (AvgIpc) is 3.08. The van der Waals surface area contributed by atoms with Crippen LogP contribution in [0.4, 0.5) is 4.79 Å². The summed E-state index contributed by atoms with van der Waals surface area (Å²) >= 11 is 0. The number of amides is 2. The van der Waals surface area contributed by atoms with Gasteiger partial charge in [0, 0.05) is 20.3 Å². The number of hydrogen-bond acceptors (Lipinski definition) is 5. The minimum atomic E-state index is -0.223. The summed E-state index contributed by atoms with van der Waals surface area (Å²) in [5.74, 6) is 1.58. The molecule has 0 radical (unpaired) electrons. The first-order valence-corrected chi connectivity index (χ1v) is 9.22. The van der Waals surface area contributed by atoms with E-state index < -0.39 is 0 Å². The van der Waals surface area contributed by atoms with Crippen LogP contribution in [0.25, 0.3) is 0 Å².